The number of halogens is 3. The van der Waals surface area contributed by atoms with Crippen LogP contribution in [0.2, 0.25) is 0 Å². The van der Waals surface area contributed by atoms with Gasteiger partial charge in [0.1, 0.15) is 0 Å². The highest BCUT2D eigenvalue weighted by Gasteiger charge is 2.41. The quantitative estimate of drug-likeness (QED) is 0.594. The summed E-state index contributed by atoms with van der Waals surface area (Å²) >= 11 is 0. The van der Waals surface area contributed by atoms with Crippen LogP contribution in [-0.4, -0.2) is 31.2 Å². The minimum atomic E-state index is -4.11. The Bertz CT molecular complexity index is 314. The fourth-order valence-electron chi connectivity index (χ4n) is 2.09. The van der Waals surface area contributed by atoms with E-state index in [0.717, 1.165) is 0 Å². The maximum atomic E-state index is 12.4. The lowest BCUT2D eigenvalue weighted by Crippen LogP contribution is -2.43. The molecule has 0 aromatic rings. The van der Waals surface area contributed by atoms with Crippen LogP contribution in [0.5, 0.6) is 0 Å². The van der Waals surface area contributed by atoms with E-state index in [-0.39, 0.29) is 31.3 Å². The van der Waals surface area contributed by atoms with Crippen molar-refractivity contribution in [1.29, 1.82) is 0 Å². The predicted molar refractivity (Wildman–Crippen MR) is 61.6 cm³/mol. The molecule has 0 spiro atoms. The van der Waals surface area contributed by atoms with Gasteiger partial charge in [0, 0.05) is 6.04 Å². The summed E-state index contributed by atoms with van der Waals surface area (Å²) in [5.74, 6) is 0.894. The topological polar surface area (TPSA) is 41.1 Å². The van der Waals surface area contributed by atoms with Crippen LogP contribution >= 0.6 is 0 Å². The summed E-state index contributed by atoms with van der Waals surface area (Å²) in [5, 5.41) is 5.44. The maximum absolute atomic E-state index is 12.4. The number of hydrogen-bond acceptors (Lipinski definition) is 2. The first kappa shape index (κ1) is 14.8. The minimum absolute atomic E-state index is 0.0895. The molecule has 1 rings (SSSR count). The minimum Gasteiger partial charge on any atom is -0.352 e. The van der Waals surface area contributed by atoms with Crippen LogP contribution in [0.3, 0.4) is 0 Å². The number of carbonyl (C=O) groups is 1. The van der Waals surface area contributed by atoms with Gasteiger partial charge >= 0.3 is 6.18 Å². The van der Waals surface area contributed by atoms with Crippen molar-refractivity contribution >= 4 is 5.91 Å². The maximum Gasteiger partial charge on any atom is 0.391 e. The third-order valence-corrected chi connectivity index (χ3v) is 3.07. The number of hydrogen-bond donors (Lipinski definition) is 2. The lowest BCUT2D eigenvalue weighted by Gasteiger charge is -2.30. The number of nitrogens with one attached hydrogen (secondary N) is 2. The van der Waals surface area contributed by atoms with Crippen LogP contribution in [0.1, 0.15) is 25.7 Å². The zero-order chi connectivity index (χ0) is 13.6. The van der Waals surface area contributed by atoms with Crippen molar-refractivity contribution in [3.63, 3.8) is 0 Å². The number of carbonyl (C=O) groups excluding carboxylic acids is 1. The van der Waals surface area contributed by atoms with Gasteiger partial charge in [0.2, 0.25) is 5.91 Å². The molecule has 2 N–H and O–H groups in total. The summed E-state index contributed by atoms with van der Waals surface area (Å²) in [6, 6.07) is -0.149. The summed E-state index contributed by atoms with van der Waals surface area (Å²) in [6.07, 6.45) is 1.84. The highest BCUT2D eigenvalue weighted by Crippen LogP contribution is 2.37. The van der Waals surface area contributed by atoms with Gasteiger partial charge in [0.15, 0.2) is 0 Å². The molecule has 18 heavy (non-hydrogen) atoms. The van der Waals surface area contributed by atoms with Gasteiger partial charge in [-0.05, 0) is 25.7 Å². The molecule has 1 aliphatic rings. The molecule has 0 heterocycles. The standard InChI is InChI=1S/C12H17F3N2O/c1-2-7-16-8-11(18)17-10-5-3-9(4-6-10)12(13,14)15/h1,9-10,16H,3-8H2,(H,17,18). The molecule has 0 aromatic heterocycles. The van der Waals surface area contributed by atoms with Gasteiger partial charge in [0.05, 0.1) is 19.0 Å². The molecular formula is C12H17F3N2O. The predicted octanol–water partition coefficient (Wildman–Crippen LogP) is 1.45. The first-order valence-corrected chi connectivity index (χ1v) is 5.93. The molecule has 0 aromatic carbocycles. The van der Waals surface area contributed by atoms with Crippen molar-refractivity contribution in [3.8, 4) is 12.3 Å². The van der Waals surface area contributed by atoms with Crippen molar-refractivity contribution in [2.45, 2.75) is 37.9 Å². The second-order valence-electron chi connectivity index (χ2n) is 4.47. The normalized spacial score (nSPS) is 24.3. The van der Waals surface area contributed by atoms with Gasteiger partial charge in [-0.1, -0.05) is 5.92 Å². The van der Waals surface area contributed by atoms with Gasteiger partial charge in [-0.25, -0.2) is 0 Å². The third kappa shape index (κ3) is 4.96. The molecule has 0 aliphatic heterocycles. The average molecular weight is 262 g/mol. The van der Waals surface area contributed by atoms with Gasteiger partial charge in [-0.15, -0.1) is 6.42 Å². The lowest BCUT2D eigenvalue weighted by molar-refractivity contribution is -0.182. The molecule has 0 saturated heterocycles. The summed E-state index contributed by atoms with van der Waals surface area (Å²) in [6.45, 7) is 0.400. The van der Waals surface area contributed by atoms with E-state index in [4.69, 9.17) is 6.42 Å². The molecule has 1 saturated carbocycles. The van der Waals surface area contributed by atoms with E-state index >= 15 is 0 Å². The van der Waals surface area contributed by atoms with Gasteiger partial charge < -0.3 is 5.32 Å². The monoisotopic (exact) mass is 262 g/mol. The molecule has 6 heteroatoms. The molecule has 102 valence electrons. The van der Waals surface area contributed by atoms with Crippen LogP contribution in [0, 0.1) is 18.3 Å². The highest BCUT2D eigenvalue weighted by atomic mass is 19.4. The van der Waals surface area contributed by atoms with Gasteiger partial charge in [-0.2, -0.15) is 13.2 Å². The Morgan fingerprint density at radius 2 is 1.89 bits per heavy atom. The van der Waals surface area contributed by atoms with E-state index in [9.17, 15) is 18.0 Å². The van der Waals surface area contributed by atoms with Crippen LogP contribution in [-0.2, 0) is 4.79 Å². The largest absolute Gasteiger partial charge is 0.391 e. The Kier molecular flexibility index (Phi) is 5.48. The van der Waals surface area contributed by atoms with E-state index in [0.29, 0.717) is 19.4 Å². The summed E-state index contributed by atoms with van der Waals surface area (Å²) in [4.78, 5) is 11.4. The number of rotatable bonds is 4. The summed E-state index contributed by atoms with van der Waals surface area (Å²) < 4.78 is 37.3. The molecule has 1 amide bonds. The van der Waals surface area contributed by atoms with Crippen molar-refractivity contribution in [2.75, 3.05) is 13.1 Å². The summed E-state index contributed by atoms with van der Waals surface area (Å²) in [7, 11) is 0. The fraction of sp³-hybridized carbons (Fsp3) is 0.750. The molecule has 0 atom stereocenters. The second kappa shape index (κ2) is 6.64. The average Bonchev–Trinajstić information content (AvgIpc) is 2.29. The van der Waals surface area contributed by atoms with Crippen molar-refractivity contribution in [3.05, 3.63) is 0 Å². The molecule has 1 fully saturated rings. The van der Waals surface area contributed by atoms with Gasteiger partial charge in [-0.3, -0.25) is 10.1 Å². The Hall–Kier alpha value is -1.22. The van der Waals surface area contributed by atoms with E-state index in [1.54, 1.807) is 0 Å². The number of amides is 1. The second-order valence-corrected chi connectivity index (χ2v) is 4.47. The molecule has 0 bridgehead atoms. The summed E-state index contributed by atoms with van der Waals surface area (Å²) in [5.41, 5.74) is 0. The van der Waals surface area contributed by atoms with E-state index in [1.165, 1.54) is 0 Å². The van der Waals surface area contributed by atoms with Crippen molar-refractivity contribution < 1.29 is 18.0 Å². The van der Waals surface area contributed by atoms with Gasteiger partial charge in [0.25, 0.3) is 0 Å². The Morgan fingerprint density at radius 1 is 1.28 bits per heavy atom. The SMILES string of the molecule is C#CCNCC(=O)NC1CCC(C(F)(F)F)CC1. The Labute approximate surface area is 105 Å². The third-order valence-electron chi connectivity index (χ3n) is 3.07. The fourth-order valence-corrected chi connectivity index (χ4v) is 2.09. The molecular weight excluding hydrogens is 245 g/mol. The number of alkyl halides is 3. The zero-order valence-electron chi connectivity index (χ0n) is 10.0. The van der Waals surface area contributed by atoms with Crippen LogP contribution in [0.25, 0.3) is 0 Å². The van der Waals surface area contributed by atoms with E-state index in [1.807, 2.05) is 0 Å². The molecule has 0 radical (unpaired) electrons. The van der Waals surface area contributed by atoms with Crippen molar-refractivity contribution in [2.24, 2.45) is 5.92 Å². The van der Waals surface area contributed by atoms with Crippen LogP contribution in [0.15, 0.2) is 0 Å². The van der Waals surface area contributed by atoms with Crippen LogP contribution < -0.4 is 10.6 Å². The van der Waals surface area contributed by atoms with E-state index in [2.05, 4.69) is 16.6 Å². The molecule has 0 unspecified atom stereocenters. The number of terminal acetylenes is 1. The molecule has 3 nitrogen and oxygen atoms in total. The lowest BCUT2D eigenvalue weighted by atomic mass is 9.85. The highest BCUT2D eigenvalue weighted by molar-refractivity contribution is 5.78. The first-order valence-electron chi connectivity index (χ1n) is 5.93. The Balaban J connectivity index is 2.23. The zero-order valence-corrected chi connectivity index (χ0v) is 10.0. The van der Waals surface area contributed by atoms with Crippen molar-refractivity contribution in [1.82, 2.24) is 10.6 Å². The van der Waals surface area contributed by atoms with Crippen LogP contribution in [0.4, 0.5) is 13.2 Å². The Morgan fingerprint density at radius 3 is 2.39 bits per heavy atom. The van der Waals surface area contributed by atoms with E-state index < -0.39 is 12.1 Å². The molecule has 1 aliphatic carbocycles. The smallest absolute Gasteiger partial charge is 0.352 e. The first-order chi connectivity index (χ1) is 8.43.